The Balaban J connectivity index is 2.12. The van der Waals surface area contributed by atoms with Crippen LogP contribution in [0.15, 0.2) is 24.3 Å². The minimum Gasteiger partial charge on any atom is -0.389 e. The molecule has 2 unspecified atom stereocenters. The van der Waals surface area contributed by atoms with Gasteiger partial charge >= 0.3 is 0 Å². The van der Waals surface area contributed by atoms with Crippen molar-refractivity contribution in [3.05, 3.63) is 35.4 Å². The molecule has 2 atom stereocenters. The number of benzene rings is 1. The summed E-state index contributed by atoms with van der Waals surface area (Å²) in [4.78, 5) is 13.5. The summed E-state index contributed by atoms with van der Waals surface area (Å²) in [7, 11) is 0. The number of aliphatic hydroxyl groups excluding tert-OH is 2. The fourth-order valence-electron chi connectivity index (χ4n) is 2.17. The Morgan fingerprint density at radius 3 is 2.56 bits per heavy atom. The molecule has 0 radical (unpaired) electrons. The fourth-order valence-corrected chi connectivity index (χ4v) is 2.17. The van der Waals surface area contributed by atoms with Crippen molar-refractivity contribution in [1.82, 2.24) is 10.3 Å². The van der Waals surface area contributed by atoms with E-state index < -0.39 is 12.2 Å². The maximum atomic E-state index is 11.6. The van der Waals surface area contributed by atoms with E-state index in [1.807, 2.05) is 17.0 Å². The number of nitrogen functional groups attached to an aromatic ring is 1. The SMILES string of the molecule is NNC(=O)c1ccccc1CN1CC(O)C(O)C1. The number of likely N-dealkylation sites (tertiary alicyclic amines) is 1. The molecule has 1 aromatic carbocycles. The maximum Gasteiger partial charge on any atom is 0.265 e. The Kier molecular flexibility index (Phi) is 3.93. The Morgan fingerprint density at radius 1 is 1.33 bits per heavy atom. The van der Waals surface area contributed by atoms with Crippen LogP contribution in [0.4, 0.5) is 0 Å². The van der Waals surface area contributed by atoms with E-state index in [1.54, 1.807) is 12.1 Å². The van der Waals surface area contributed by atoms with Crippen molar-refractivity contribution in [3.8, 4) is 0 Å². The zero-order valence-electron chi connectivity index (χ0n) is 9.91. The molecule has 1 saturated heterocycles. The lowest BCUT2D eigenvalue weighted by molar-refractivity contribution is 0.0572. The Bertz CT molecular complexity index is 428. The molecule has 2 rings (SSSR count). The average Bonchev–Trinajstić information content (AvgIpc) is 2.68. The van der Waals surface area contributed by atoms with E-state index in [0.717, 1.165) is 5.56 Å². The van der Waals surface area contributed by atoms with Gasteiger partial charge in [-0.2, -0.15) is 0 Å². The summed E-state index contributed by atoms with van der Waals surface area (Å²) < 4.78 is 0. The van der Waals surface area contributed by atoms with Gasteiger partial charge in [0.05, 0.1) is 12.2 Å². The molecule has 5 N–H and O–H groups in total. The number of carbonyl (C=O) groups is 1. The fraction of sp³-hybridized carbons (Fsp3) is 0.417. The van der Waals surface area contributed by atoms with E-state index >= 15 is 0 Å². The summed E-state index contributed by atoms with van der Waals surface area (Å²) in [6, 6.07) is 7.13. The normalized spacial score (nSPS) is 24.2. The molecule has 6 nitrogen and oxygen atoms in total. The third-order valence-electron chi connectivity index (χ3n) is 3.12. The molecule has 0 aliphatic carbocycles. The van der Waals surface area contributed by atoms with Gasteiger partial charge < -0.3 is 10.2 Å². The number of amides is 1. The van der Waals surface area contributed by atoms with Crippen molar-refractivity contribution in [3.63, 3.8) is 0 Å². The number of rotatable bonds is 3. The highest BCUT2D eigenvalue weighted by molar-refractivity contribution is 5.95. The number of β-amino-alcohol motifs (C(OH)–C–C–N with tert-alkyl or cyclic N) is 2. The number of carbonyl (C=O) groups excluding carboxylic acids is 1. The topological polar surface area (TPSA) is 98.8 Å². The van der Waals surface area contributed by atoms with Gasteiger partial charge in [0, 0.05) is 25.2 Å². The van der Waals surface area contributed by atoms with Crippen LogP contribution in [0.1, 0.15) is 15.9 Å². The number of nitrogens with two attached hydrogens (primary N) is 1. The highest BCUT2D eigenvalue weighted by Crippen LogP contribution is 2.16. The van der Waals surface area contributed by atoms with Crippen LogP contribution in [0.2, 0.25) is 0 Å². The number of hydrazine groups is 1. The van der Waals surface area contributed by atoms with Crippen LogP contribution in [-0.2, 0) is 6.54 Å². The third-order valence-corrected chi connectivity index (χ3v) is 3.12. The summed E-state index contributed by atoms with van der Waals surface area (Å²) >= 11 is 0. The minimum absolute atomic E-state index is 0.342. The number of nitrogens with one attached hydrogen (secondary N) is 1. The van der Waals surface area contributed by atoms with E-state index in [0.29, 0.717) is 25.2 Å². The van der Waals surface area contributed by atoms with Crippen molar-refractivity contribution in [2.45, 2.75) is 18.8 Å². The highest BCUT2D eigenvalue weighted by Gasteiger charge is 2.29. The lowest BCUT2D eigenvalue weighted by Crippen LogP contribution is -2.31. The zero-order valence-corrected chi connectivity index (χ0v) is 9.91. The monoisotopic (exact) mass is 251 g/mol. The third kappa shape index (κ3) is 2.68. The minimum atomic E-state index is -0.722. The first-order chi connectivity index (χ1) is 8.61. The van der Waals surface area contributed by atoms with E-state index in [9.17, 15) is 15.0 Å². The van der Waals surface area contributed by atoms with Crippen molar-refractivity contribution in [1.29, 1.82) is 0 Å². The van der Waals surface area contributed by atoms with E-state index in [2.05, 4.69) is 5.43 Å². The number of hydrogen-bond acceptors (Lipinski definition) is 5. The van der Waals surface area contributed by atoms with Gasteiger partial charge in [0.1, 0.15) is 0 Å². The van der Waals surface area contributed by atoms with Crippen molar-refractivity contribution in [2.75, 3.05) is 13.1 Å². The number of nitrogens with zero attached hydrogens (tertiary/aromatic N) is 1. The largest absolute Gasteiger partial charge is 0.389 e. The Morgan fingerprint density at radius 2 is 1.94 bits per heavy atom. The van der Waals surface area contributed by atoms with Gasteiger partial charge in [-0.3, -0.25) is 15.1 Å². The van der Waals surface area contributed by atoms with Gasteiger partial charge in [-0.25, -0.2) is 5.84 Å². The summed E-state index contributed by atoms with van der Waals surface area (Å²) in [6.07, 6.45) is -1.44. The summed E-state index contributed by atoms with van der Waals surface area (Å²) in [5.41, 5.74) is 3.44. The standard InChI is InChI=1S/C12H17N3O3/c13-14-12(18)9-4-2-1-3-8(9)5-15-6-10(16)11(17)7-15/h1-4,10-11,16-17H,5-7,13H2,(H,14,18). The lowest BCUT2D eigenvalue weighted by atomic mass is 10.1. The maximum absolute atomic E-state index is 11.6. The van der Waals surface area contributed by atoms with Crippen LogP contribution in [0.5, 0.6) is 0 Å². The highest BCUT2D eigenvalue weighted by atomic mass is 16.3. The average molecular weight is 251 g/mol. The quantitative estimate of drug-likeness (QED) is 0.308. The summed E-state index contributed by atoms with van der Waals surface area (Å²) in [6.45, 7) is 1.30. The molecular weight excluding hydrogens is 234 g/mol. The second-order valence-electron chi connectivity index (χ2n) is 4.46. The van der Waals surface area contributed by atoms with Crippen LogP contribution in [0.25, 0.3) is 0 Å². The molecule has 0 bridgehead atoms. The molecule has 1 heterocycles. The molecule has 0 aromatic heterocycles. The van der Waals surface area contributed by atoms with Crippen LogP contribution in [0.3, 0.4) is 0 Å². The first kappa shape index (κ1) is 13.0. The molecule has 1 aromatic rings. The summed E-state index contributed by atoms with van der Waals surface area (Å²) in [5, 5.41) is 19.0. The molecule has 1 amide bonds. The molecule has 6 heteroatoms. The first-order valence-corrected chi connectivity index (χ1v) is 5.79. The molecule has 1 fully saturated rings. The van der Waals surface area contributed by atoms with Crippen molar-refractivity contribution >= 4 is 5.91 Å². The van der Waals surface area contributed by atoms with Crippen LogP contribution in [-0.4, -0.2) is 46.3 Å². The number of hydrogen-bond donors (Lipinski definition) is 4. The van der Waals surface area contributed by atoms with Crippen molar-refractivity contribution < 1.29 is 15.0 Å². The van der Waals surface area contributed by atoms with E-state index in [1.165, 1.54) is 0 Å². The Labute approximate surface area is 105 Å². The molecule has 18 heavy (non-hydrogen) atoms. The second kappa shape index (κ2) is 5.45. The van der Waals surface area contributed by atoms with E-state index in [4.69, 9.17) is 5.84 Å². The smallest absolute Gasteiger partial charge is 0.265 e. The molecule has 1 aliphatic heterocycles. The molecule has 0 spiro atoms. The van der Waals surface area contributed by atoms with E-state index in [-0.39, 0.29) is 5.91 Å². The Hall–Kier alpha value is -1.47. The number of aliphatic hydroxyl groups is 2. The molecule has 98 valence electrons. The van der Waals surface area contributed by atoms with Crippen LogP contribution in [0, 0.1) is 0 Å². The molecule has 0 saturated carbocycles. The predicted molar refractivity (Wildman–Crippen MR) is 65.4 cm³/mol. The zero-order chi connectivity index (χ0) is 13.1. The predicted octanol–water partition coefficient (Wildman–Crippen LogP) is -1.17. The summed E-state index contributed by atoms with van der Waals surface area (Å²) in [5.74, 6) is 4.79. The van der Waals surface area contributed by atoms with Gasteiger partial charge in [-0.05, 0) is 11.6 Å². The molecule has 1 aliphatic rings. The molecular formula is C12H17N3O3. The van der Waals surface area contributed by atoms with Gasteiger partial charge in [-0.1, -0.05) is 18.2 Å². The van der Waals surface area contributed by atoms with Crippen molar-refractivity contribution in [2.24, 2.45) is 5.84 Å². The van der Waals surface area contributed by atoms with Gasteiger partial charge in [-0.15, -0.1) is 0 Å². The first-order valence-electron chi connectivity index (χ1n) is 5.79. The van der Waals surface area contributed by atoms with Gasteiger partial charge in [0.2, 0.25) is 0 Å². The second-order valence-corrected chi connectivity index (χ2v) is 4.46. The van der Waals surface area contributed by atoms with Crippen LogP contribution < -0.4 is 11.3 Å². The lowest BCUT2D eigenvalue weighted by Gasteiger charge is -2.16. The van der Waals surface area contributed by atoms with Gasteiger partial charge in [0.15, 0.2) is 0 Å². The van der Waals surface area contributed by atoms with Gasteiger partial charge in [0.25, 0.3) is 5.91 Å². The van der Waals surface area contributed by atoms with Crippen LogP contribution >= 0.6 is 0 Å².